The zero-order valence-corrected chi connectivity index (χ0v) is 18.8. The molecule has 5 rings (SSSR count). The van der Waals surface area contributed by atoms with Crippen LogP contribution in [-0.2, 0) is 0 Å². The van der Waals surface area contributed by atoms with Crippen LogP contribution in [-0.4, -0.2) is 55.1 Å². The van der Waals surface area contributed by atoms with Crippen molar-refractivity contribution < 1.29 is 15.3 Å². The number of rotatable bonds is 6. The fraction of sp³-hybridized carbons (Fsp3) is 0.292. The van der Waals surface area contributed by atoms with E-state index >= 15 is 0 Å². The predicted molar refractivity (Wildman–Crippen MR) is 130 cm³/mol. The molecule has 2 aromatic heterocycles. The van der Waals surface area contributed by atoms with Crippen LogP contribution in [0.2, 0.25) is 0 Å². The van der Waals surface area contributed by atoms with E-state index in [0.717, 1.165) is 32.2 Å². The fourth-order valence-corrected chi connectivity index (χ4v) is 5.31. The molecule has 5 N–H and O–H groups in total. The quantitative estimate of drug-likeness (QED) is 0.295. The minimum atomic E-state index is -1.02. The Bertz CT molecular complexity index is 1230. The highest BCUT2D eigenvalue weighted by Gasteiger charge is 2.41. The number of para-hydroxylation sites is 2. The van der Waals surface area contributed by atoms with Gasteiger partial charge in [0.25, 0.3) is 0 Å². The second-order valence-electron chi connectivity index (χ2n) is 8.24. The van der Waals surface area contributed by atoms with E-state index in [9.17, 15) is 15.3 Å². The fourth-order valence-electron chi connectivity index (χ4n) is 4.24. The highest BCUT2D eigenvalue weighted by atomic mass is 32.1. The molecule has 1 fully saturated rings. The lowest BCUT2D eigenvalue weighted by Crippen LogP contribution is -2.35. The number of hydrogen-bond acceptors (Lipinski definition) is 9. The Balaban J connectivity index is 1.57. The average Bonchev–Trinajstić information content (AvgIpc) is 3.35. The van der Waals surface area contributed by atoms with E-state index in [0.29, 0.717) is 18.2 Å². The lowest BCUT2D eigenvalue weighted by molar-refractivity contribution is 0.00446. The van der Waals surface area contributed by atoms with Gasteiger partial charge < -0.3 is 26.0 Å². The van der Waals surface area contributed by atoms with Crippen molar-refractivity contribution in [2.45, 2.75) is 31.6 Å². The summed E-state index contributed by atoms with van der Waals surface area (Å²) in [5.74, 6) is 0.542. The van der Waals surface area contributed by atoms with Crippen molar-refractivity contribution in [3.05, 3.63) is 60.3 Å². The van der Waals surface area contributed by atoms with E-state index in [1.807, 2.05) is 61.5 Å². The van der Waals surface area contributed by atoms with Gasteiger partial charge in [-0.05, 0) is 37.6 Å². The Morgan fingerprint density at radius 1 is 0.970 bits per heavy atom. The normalized spacial score (nSPS) is 22.5. The van der Waals surface area contributed by atoms with Crippen molar-refractivity contribution in [1.82, 2.24) is 15.0 Å². The number of aryl methyl sites for hydroxylation is 1. The number of nitrogens with one attached hydrogen (secondary N) is 2. The largest absolute Gasteiger partial charge is 0.396 e. The highest BCUT2D eigenvalue weighted by Crippen LogP contribution is 2.38. The summed E-state index contributed by atoms with van der Waals surface area (Å²) >= 11 is 1.55. The van der Waals surface area contributed by atoms with Crippen molar-refractivity contribution >= 4 is 39.0 Å². The van der Waals surface area contributed by atoms with Crippen molar-refractivity contribution in [1.29, 1.82) is 0 Å². The number of benzene rings is 2. The smallest absolute Gasteiger partial charge is 0.229 e. The van der Waals surface area contributed by atoms with Gasteiger partial charge in [0.15, 0.2) is 0 Å². The van der Waals surface area contributed by atoms with Gasteiger partial charge in [-0.15, -0.1) is 11.3 Å². The van der Waals surface area contributed by atoms with E-state index in [4.69, 9.17) is 9.97 Å². The van der Waals surface area contributed by atoms with E-state index in [-0.39, 0.29) is 6.61 Å². The topological polar surface area (TPSA) is 123 Å². The Morgan fingerprint density at radius 2 is 1.73 bits per heavy atom. The summed E-state index contributed by atoms with van der Waals surface area (Å²) in [6.07, 6.45) is -1.60. The van der Waals surface area contributed by atoms with Crippen molar-refractivity contribution in [3.8, 4) is 10.6 Å². The maximum absolute atomic E-state index is 10.6. The van der Waals surface area contributed by atoms with Crippen molar-refractivity contribution in [2.24, 2.45) is 5.92 Å². The molecule has 0 saturated heterocycles. The monoisotopic (exact) mass is 463 g/mol. The molecule has 0 aliphatic heterocycles. The molecule has 0 unspecified atom stereocenters. The molecule has 4 atom stereocenters. The molecule has 2 heterocycles. The molecule has 1 aliphatic carbocycles. The molecule has 2 aromatic carbocycles. The maximum atomic E-state index is 10.6. The van der Waals surface area contributed by atoms with Crippen LogP contribution in [0.25, 0.3) is 20.8 Å². The van der Waals surface area contributed by atoms with E-state index in [1.54, 1.807) is 11.3 Å². The van der Waals surface area contributed by atoms with Crippen LogP contribution in [0.5, 0.6) is 0 Å². The first kappa shape index (κ1) is 21.7. The molecule has 0 bridgehead atoms. The molecule has 170 valence electrons. The second kappa shape index (κ2) is 9.03. The summed E-state index contributed by atoms with van der Waals surface area (Å²) in [4.78, 5) is 14.2. The summed E-state index contributed by atoms with van der Waals surface area (Å²) in [6, 6.07) is 17.1. The lowest BCUT2D eigenvalue weighted by atomic mass is 10.1. The zero-order chi connectivity index (χ0) is 22.9. The number of nitrogens with zero attached hydrogens (tertiary/aromatic N) is 3. The first-order valence-electron chi connectivity index (χ1n) is 10.8. The van der Waals surface area contributed by atoms with Gasteiger partial charge in [0, 0.05) is 18.2 Å². The van der Waals surface area contributed by atoms with Crippen LogP contribution in [0, 0.1) is 12.8 Å². The Hall–Kier alpha value is -3.11. The van der Waals surface area contributed by atoms with Crippen LogP contribution in [0.1, 0.15) is 12.1 Å². The van der Waals surface area contributed by atoms with E-state index < -0.39 is 24.2 Å². The number of thiazole rings is 1. The number of fused-ring (bicyclic) bond motifs is 1. The van der Waals surface area contributed by atoms with E-state index in [1.165, 1.54) is 0 Å². The maximum Gasteiger partial charge on any atom is 0.229 e. The van der Waals surface area contributed by atoms with Gasteiger partial charge in [-0.2, -0.15) is 4.98 Å². The predicted octanol–water partition coefficient (Wildman–Crippen LogP) is 3.32. The van der Waals surface area contributed by atoms with Crippen LogP contribution in [0.15, 0.2) is 54.6 Å². The average molecular weight is 464 g/mol. The third-order valence-corrected chi connectivity index (χ3v) is 7.04. The van der Waals surface area contributed by atoms with Gasteiger partial charge in [-0.25, -0.2) is 9.97 Å². The van der Waals surface area contributed by atoms with Crippen molar-refractivity contribution in [2.75, 3.05) is 17.2 Å². The summed E-state index contributed by atoms with van der Waals surface area (Å²) in [5.41, 5.74) is 3.24. The molecule has 1 saturated carbocycles. The van der Waals surface area contributed by atoms with Crippen LogP contribution < -0.4 is 10.6 Å². The number of aliphatic hydroxyl groups excluding tert-OH is 3. The van der Waals surface area contributed by atoms with Gasteiger partial charge in [-0.1, -0.05) is 30.3 Å². The van der Waals surface area contributed by atoms with E-state index in [2.05, 4.69) is 15.6 Å². The zero-order valence-electron chi connectivity index (χ0n) is 18.0. The van der Waals surface area contributed by atoms with Gasteiger partial charge >= 0.3 is 0 Å². The Morgan fingerprint density at radius 3 is 2.45 bits per heavy atom. The molecule has 1 aliphatic rings. The molecule has 0 amide bonds. The molecule has 0 radical (unpaired) electrons. The number of aliphatic hydroxyl groups is 3. The summed E-state index contributed by atoms with van der Waals surface area (Å²) in [7, 11) is 0. The second-order valence-corrected chi connectivity index (χ2v) is 9.28. The number of aromatic nitrogens is 3. The van der Waals surface area contributed by atoms with Crippen LogP contribution in [0.3, 0.4) is 0 Å². The van der Waals surface area contributed by atoms with Gasteiger partial charge in [0.2, 0.25) is 5.95 Å². The minimum Gasteiger partial charge on any atom is -0.396 e. The molecule has 4 aromatic rings. The lowest BCUT2D eigenvalue weighted by Gasteiger charge is -2.21. The first-order chi connectivity index (χ1) is 16.0. The third kappa shape index (κ3) is 4.28. The molecular weight excluding hydrogens is 438 g/mol. The Kier molecular flexibility index (Phi) is 5.94. The minimum absolute atomic E-state index is 0.190. The molecule has 8 nitrogen and oxygen atoms in total. The Labute approximate surface area is 195 Å². The standard InChI is InChI=1S/C24H25N5O3S/c1-13-19(23-28-16-9-5-6-10-18(16)33-23)22(27-17-11-14(12-30)20(31)21(17)32)29-24(25-13)26-15-7-3-2-4-8-15/h2-10,14,17,20-21,30-32H,11-12H2,1H3,(H2,25,26,27,29)/t14-,17-,20-,21+/m1/s1. The van der Waals surface area contributed by atoms with Crippen molar-refractivity contribution in [3.63, 3.8) is 0 Å². The molecular formula is C24H25N5O3S. The third-order valence-electron chi connectivity index (χ3n) is 5.99. The molecule has 9 heteroatoms. The van der Waals surface area contributed by atoms with Gasteiger partial charge in [0.05, 0.1) is 33.6 Å². The number of hydrogen-bond donors (Lipinski definition) is 5. The van der Waals surface area contributed by atoms with Crippen LogP contribution >= 0.6 is 11.3 Å². The number of anilines is 3. The highest BCUT2D eigenvalue weighted by molar-refractivity contribution is 7.21. The first-order valence-corrected chi connectivity index (χ1v) is 11.7. The van der Waals surface area contributed by atoms with Gasteiger partial charge in [-0.3, -0.25) is 0 Å². The molecule has 0 spiro atoms. The summed E-state index contributed by atoms with van der Waals surface area (Å²) in [5, 5.41) is 37.7. The summed E-state index contributed by atoms with van der Waals surface area (Å²) in [6.45, 7) is 1.71. The van der Waals surface area contributed by atoms with Crippen LogP contribution in [0.4, 0.5) is 17.5 Å². The summed E-state index contributed by atoms with van der Waals surface area (Å²) < 4.78 is 1.06. The van der Waals surface area contributed by atoms with Gasteiger partial charge in [0.1, 0.15) is 16.9 Å². The SMILES string of the molecule is Cc1nc(Nc2ccccc2)nc(N[C@@H]2C[C@H](CO)[C@@H](O)[C@H]2O)c1-c1nc2ccccc2s1. The molecule has 33 heavy (non-hydrogen) atoms.